The molecular weight excluding hydrogens is 355 g/mol. The van der Waals surface area contributed by atoms with Gasteiger partial charge in [-0.1, -0.05) is 23.2 Å². The fourth-order valence-corrected chi connectivity index (χ4v) is 2.19. The van der Waals surface area contributed by atoms with Crippen LogP contribution in [0.15, 0.2) is 30.5 Å². The molecule has 0 saturated carbocycles. The largest absolute Gasteiger partial charge is 0.495 e. The fourth-order valence-electron chi connectivity index (χ4n) is 1.86. The zero-order valence-corrected chi connectivity index (χ0v) is 14.4. The van der Waals surface area contributed by atoms with Crippen molar-refractivity contribution in [2.75, 3.05) is 19.0 Å². The maximum Gasteiger partial charge on any atom is 0.338 e. The molecule has 24 heavy (non-hydrogen) atoms. The van der Waals surface area contributed by atoms with Gasteiger partial charge >= 0.3 is 5.97 Å². The molecule has 8 heteroatoms. The van der Waals surface area contributed by atoms with Crippen molar-refractivity contribution in [2.24, 2.45) is 0 Å². The second-order valence-corrected chi connectivity index (χ2v) is 5.59. The van der Waals surface area contributed by atoms with Gasteiger partial charge in [-0.05, 0) is 30.7 Å². The number of aryl methyl sites for hydroxylation is 1. The normalized spacial score (nSPS) is 10.2. The maximum atomic E-state index is 12.0. The summed E-state index contributed by atoms with van der Waals surface area (Å²) in [5, 5.41) is 3.29. The minimum absolute atomic E-state index is 0.162. The average molecular weight is 369 g/mol. The summed E-state index contributed by atoms with van der Waals surface area (Å²) >= 11 is 11.7. The Bertz CT molecular complexity index is 781. The van der Waals surface area contributed by atoms with E-state index in [1.807, 2.05) is 0 Å². The molecule has 1 heterocycles. The van der Waals surface area contributed by atoms with Crippen LogP contribution < -0.4 is 10.1 Å². The number of methoxy groups -OCH3 is 1. The van der Waals surface area contributed by atoms with E-state index < -0.39 is 18.5 Å². The number of nitrogens with zero attached hydrogens (tertiary/aromatic N) is 1. The summed E-state index contributed by atoms with van der Waals surface area (Å²) in [5.74, 6) is -0.775. The highest BCUT2D eigenvalue weighted by molar-refractivity contribution is 6.31. The Kier molecular flexibility index (Phi) is 6.00. The number of pyridine rings is 1. The van der Waals surface area contributed by atoms with Gasteiger partial charge in [0.2, 0.25) is 0 Å². The number of benzene rings is 1. The topological polar surface area (TPSA) is 77.5 Å². The molecule has 0 atom stereocenters. The lowest BCUT2D eigenvalue weighted by Gasteiger charge is -2.12. The highest BCUT2D eigenvalue weighted by Crippen LogP contribution is 2.30. The van der Waals surface area contributed by atoms with Gasteiger partial charge in [0, 0.05) is 17.3 Å². The van der Waals surface area contributed by atoms with Crippen LogP contribution in [-0.2, 0) is 9.53 Å². The quantitative estimate of drug-likeness (QED) is 0.645. The molecule has 0 bridgehead atoms. The molecule has 0 saturated heterocycles. The first-order valence-electron chi connectivity index (χ1n) is 6.83. The number of rotatable bonds is 5. The zero-order valence-electron chi connectivity index (χ0n) is 12.9. The monoisotopic (exact) mass is 368 g/mol. The molecule has 1 aromatic carbocycles. The third-order valence-corrected chi connectivity index (χ3v) is 3.67. The first kappa shape index (κ1) is 18.0. The predicted octanol–water partition coefficient (Wildman–Crippen LogP) is 3.50. The maximum absolute atomic E-state index is 12.0. The molecule has 6 nitrogen and oxygen atoms in total. The van der Waals surface area contributed by atoms with Crippen LogP contribution in [0.5, 0.6) is 5.75 Å². The molecule has 2 rings (SSSR count). The van der Waals surface area contributed by atoms with Crippen LogP contribution in [0, 0.1) is 6.92 Å². The minimum Gasteiger partial charge on any atom is -0.495 e. The number of carbonyl (C=O) groups excluding carboxylic acids is 2. The second kappa shape index (κ2) is 7.99. The third-order valence-electron chi connectivity index (χ3n) is 3.05. The van der Waals surface area contributed by atoms with Crippen molar-refractivity contribution in [2.45, 2.75) is 6.92 Å². The number of aromatic nitrogens is 1. The number of anilines is 1. The van der Waals surface area contributed by atoms with E-state index in [1.54, 1.807) is 19.1 Å². The van der Waals surface area contributed by atoms with Crippen LogP contribution in [0.1, 0.15) is 15.9 Å². The molecule has 0 aliphatic heterocycles. The van der Waals surface area contributed by atoms with Crippen molar-refractivity contribution in [1.82, 2.24) is 4.98 Å². The molecule has 0 fully saturated rings. The first-order chi connectivity index (χ1) is 11.4. The van der Waals surface area contributed by atoms with E-state index in [2.05, 4.69) is 10.3 Å². The number of carbonyl (C=O) groups is 2. The number of ether oxygens (including phenoxy) is 2. The van der Waals surface area contributed by atoms with Crippen molar-refractivity contribution < 1.29 is 19.1 Å². The Balaban J connectivity index is 1.99. The van der Waals surface area contributed by atoms with Gasteiger partial charge in [-0.25, -0.2) is 9.78 Å². The van der Waals surface area contributed by atoms with Gasteiger partial charge in [0.1, 0.15) is 10.9 Å². The van der Waals surface area contributed by atoms with Crippen LogP contribution in [0.4, 0.5) is 5.69 Å². The predicted molar refractivity (Wildman–Crippen MR) is 90.9 cm³/mol. The van der Waals surface area contributed by atoms with Gasteiger partial charge in [0.15, 0.2) is 6.61 Å². The molecule has 0 radical (unpaired) electrons. The van der Waals surface area contributed by atoms with Crippen molar-refractivity contribution in [3.8, 4) is 5.75 Å². The molecule has 1 aromatic heterocycles. The molecular formula is C16H14Cl2N2O4. The molecule has 0 aliphatic rings. The van der Waals surface area contributed by atoms with Crippen molar-refractivity contribution in [1.29, 1.82) is 0 Å². The van der Waals surface area contributed by atoms with E-state index >= 15 is 0 Å². The molecule has 0 unspecified atom stereocenters. The highest BCUT2D eigenvalue weighted by atomic mass is 35.5. The number of nitrogens with one attached hydrogen (secondary N) is 1. The average Bonchev–Trinajstić information content (AvgIpc) is 2.55. The first-order valence-corrected chi connectivity index (χ1v) is 7.59. The van der Waals surface area contributed by atoms with Crippen molar-refractivity contribution in [3.63, 3.8) is 0 Å². The van der Waals surface area contributed by atoms with Gasteiger partial charge in [0.25, 0.3) is 5.91 Å². The Morgan fingerprint density at radius 1 is 1.25 bits per heavy atom. The van der Waals surface area contributed by atoms with E-state index in [9.17, 15) is 9.59 Å². The number of hydrogen-bond donors (Lipinski definition) is 1. The standard InChI is InChI=1S/C16H14Cl2N2O4/c1-9-5-12(13(23-2)7-11(9)17)20-15(21)8-24-16(22)10-3-4-19-14(18)6-10/h3-7H,8H2,1-2H3,(H,20,21). The third kappa shape index (κ3) is 4.59. The smallest absolute Gasteiger partial charge is 0.338 e. The number of amides is 1. The molecule has 1 N–H and O–H groups in total. The summed E-state index contributed by atoms with van der Waals surface area (Å²) in [4.78, 5) is 27.6. The van der Waals surface area contributed by atoms with Gasteiger partial charge < -0.3 is 14.8 Å². The molecule has 0 spiro atoms. The Labute approximate surface area is 148 Å². The fraction of sp³-hybridized carbons (Fsp3) is 0.188. The number of hydrogen-bond acceptors (Lipinski definition) is 5. The van der Waals surface area contributed by atoms with Gasteiger partial charge in [-0.3, -0.25) is 4.79 Å². The Morgan fingerprint density at radius 3 is 2.67 bits per heavy atom. The van der Waals surface area contributed by atoms with E-state index in [4.69, 9.17) is 32.7 Å². The summed E-state index contributed by atoms with van der Waals surface area (Å²) in [6.45, 7) is 1.34. The Morgan fingerprint density at radius 2 is 2.00 bits per heavy atom. The SMILES string of the molecule is COc1cc(Cl)c(C)cc1NC(=O)COC(=O)c1ccnc(Cl)c1. The van der Waals surface area contributed by atoms with Crippen molar-refractivity contribution >= 4 is 40.8 Å². The van der Waals surface area contributed by atoms with E-state index in [0.29, 0.717) is 16.5 Å². The number of esters is 1. The summed E-state index contributed by atoms with van der Waals surface area (Å²) in [7, 11) is 1.46. The molecule has 126 valence electrons. The van der Waals surface area contributed by atoms with Gasteiger partial charge in [-0.15, -0.1) is 0 Å². The van der Waals surface area contributed by atoms with Crippen LogP contribution >= 0.6 is 23.2 Å². The van der Waals surface area contributed by atoms with E-state index in [1.165, 1.54) is 25.4 Å². The summed E-state index contributed by atoms with van der Waals surface area (Å²) in [6, 6.07) is 6.06. The van der Waals surface area contributed by atoms with E-state index in [-0.39, 0.29) is 10.7 Å². The molecule has 1 amide bonds. The van der Waals surface area contributed by atoms with Crippen LogP contribution in [0.3, 0.4) is 0 Å². The molecule has 0 aliphatic carbocycles. The van der Waals surface area contributed by atoms with Crippen LogP contribution in [-0.4, -0.2) is 30.6 Å². The summed E-state index contributed by atoms with van der Waals surface area (Å²) in [6.07, 6.45) is 1.38. The van der Waals surface area contributed by atoms with Gasteiger partial charge in [0.05, 0.1) is 18.4 Å². The minimum atomic E-state index is -0.672. The summed E-state index contributed by atoms with van der Waals surface area (Å²) in [5.41, 5.74) is 1.42. The highest BCUT2D eigenvalue weighted by Gasteiger charge is 2.14. The molecule has 2 aromatic rings. The van der Waals surface area contributed by atoms with Crippen LogP contribution in [0.25, 0.3) is 0 Å². The van der Waals surface area contributed by atoms with Crippen LogP contribution in [0.2, 0.25) is 10.2 Å². The van der Waals surface area contributed by atoms with Crippen molar-refractivity contribution in [3.05, 3.63) is 51.8 Å². The lowest BCUT2D eigenvalue weighted by Crippen LogP contribution is -2.21. The summed E-state index contributed by atoms with van der Waals surface area (Å²) < 4.78 is 10.1. The van der Waals surface area contributed by atoms with E-state index in [0.717, 1.165) is 5.56 Å². The Hall–Kier alpha value is -2.31. The number of halogens is 2. The lowest BCUT2D eigenvalue weighted by atomic mass is 10.2. The zero-order chi connectivity index (χ0) is 17.7. The van der Waals surface area contributed by atoms with Gasteiger partial charge in [-0.2, -0.15) is 0 Å². The lowest BCUT2D eigenvalue weighted by molar-refractivity contribution is -0.119. The second-order valence-electron chi connectivity index (χ2n) is 4.79.